The minimum absolute atomic E-state index is 0.264. The van der Waals surface area contributed by atoms with Crippen LogP contribution in [0.5, 0.6) is 0 Å². The van der Waals surface area contributed by atoms with E-state index in [0.29, 0.717) is 12.8 Å². The number of carbonyl (C=O) groups excluding carboxylic acids is 1. The highest BCUT2D eigenvalue weighted by atomic mass is 31.2. The molecule has 1 aliphatic carbocycles. The topological polar surface area (TPSA) is 226 Å². The summed E-state index contributed by atoms with van der Waals surface area (Å²) < 4.78 is 22.8. The number of phosphoric ester groups is 1. The van der Waals surface area contributed by atoms with Gasteiger partial charge in [-0.05, 0) is 64.2 Å². The molecule has 0 aromatic carbocycles. The fourth-order valence-electron chi connectivity index (χ4n) is 6.70. The zero-order valence-corrected chi connectivity index (χ0v) is 36.3. The quantitative estimate of drug-likeness (QED) is 0.0184. The third kappa shape index (κ3) is 25.8. The molecule has 338 valence electrons. The highest BCUT2D eigenvalue weighted by molar-refractivity contribution is 7.47. The van der Waals surface area contributed by atoms with Gasteiger partial charge in [0, 0.05) is 0 Å². The van der Waals surface area contributed by atoms with E-state index >= 15 is 0 Å². The van der Waals surface area contributed by atoms with Crippen molar-refractivity contribution in [1.82, 2.24) is 5.32 Å². The van der Waals surface area contributed by atoms with Gasteiger partial charge < -0.3 is 46.0 Å². The summed E-state index contributed by atoms with van der Waals surface area (Å²) in [5.41, 5.74) is 0. The molecule has 1 aliphatic rings. The van der Waals surface area contributed by atoms with E-state index in [1.165, 1.54) is 63.9 Å². The molecule has 0 spiro atoms. The zero-order chi connectivity index (χ0) is 43.0. The average Bonchev–Trinajstić information content (AvgIpc) is 3.19. The maximum Gasteiger partial charge on any atom is 0.472 e. The molecule has 0 bridgehead atoms. The molecule has 0 aliphatic heterocycles. The number of carbonyl (C=O) groups is 1. The van der Waals surface area contributed by atoms with Crippen molar-refractivity contribution in [2.45, 2.75) is 216 Å². The van der Waals surface area contributed by atoms with E-state index in [-0.39, 0.29) is 6.42 Å². The van der Waals surface area contributed by atoms with Crippen LogP contribution >= 0.6 is 7.82 Å². The molecule has 1 saturated carbocycles. The first-order valence-electron chi connectivity index (χ1n) is 22.2. The molecule has 1 amide bonds. The normalized spacial score (nSPS) is 24.2. The number of amides is 1. The number of allylic oxidation sites excluding steroid dienone is 7. The first-order valence-corrected chi connectivity index (χ1v) is 23.7. The fourth-order valence-corrected chi connectivity index (χ4v) is 7.66. The van der Waals surface area contributed by atoms with Crippen LogP contribution < -0.4 is 5.32 Å². The molecule has 0 saturated heterocycles. The smallest absolute Gasteiger partial charge is 0.393 e. The van der Waals surface area contributed by atoms with Gasteiger partial charge >= 0.3 is 7.82 Å². The Morgan fingerprint density at radius 1 is 0.621 bits per heavy atom. The van der Waals surface area contributed by atoms with E-state index in [1.54, 1.807) is 6.08 Å². The molecular weight excluding hydrogens is 765 g/mol. The van der Waals surface area contributed by atoms with Crippen LogP contribution in [-0.2, 0) is 18.4 Å². The number of nitrogens with one attached hydrogen (secondary N) is 1. The minimum atomic E-state index is -5.15. The number of hydrogen-bond acceptors (Lipinski definition) is 11. The van der Waals surface area contributed by atoms with Crippen LogP contribution in [0.4, 0.5) is 0 Å². The van der Waals surface area contributed by atoms with Gasteiger partial charge in [0.05, 0.1) is 31.3 Å². The second kappa shape index (κ2) is 33.9. The molecule has 8 unspecified atom stereocenters. The van der Waals surface area contributed by atoms with Crippen molar-refractivity contribution >= 4 is 13.7 Å². The Morgan fingerprint density at radius 2 is 1.07 bits per heavy atom. The molecule has 13 nitrogen and oxygen atoms in total. The zero-order valence-electron chi connectivity index (χ0n) is 35.4. The SMILES string of the molecule is CCCCC/C=C\C/C=C\CCCCCCCC(O)CC(=O)NC(COP(=O)(O)OC1C(O)C(O)C(O)C(O)C1O)C(O)/C=C/CC/C=C/CCCCCCCCC. The largest absolute Gasteiger partial charge is 0.472 e. The summed E-state index contributed by atoms with van der Waals surface area (Å²) in [6.45, 7) is 3.66. The van der Waals surface area contributed by atoms with Crippen molar-refractivity contribution in [2.75, 3.05) is 6.61 Å². The van der Waals surface area contributed by atoms with E-state index in [0.717, 1.165) is 70.6 Å². The molecule has 0 aromatic rings. The molecule has 0 aromatic heterocycles. The Hall–Kier alpha value is -1.74. The van der Waals surface area contributed by atoms with Gasteiger partial charge in [0.25, 0.3) is 0 Å². The summed E-state index contributed by atoms with van der Waals surface area (Å²) in [5, 5.41) is 74.3. The molecule has 58 heavy (non-hydrogen) atoms. The van der Waals surface area contributed by atoms with Crippen LogP contribution in [0.25, 0.3) is 0 Å². The van der Waals surface area contributed by atoms with E-state index < -0.39 is 75.2 Å². The molecule has 9 N–H and O–H groups in total. The highest BCUT2D eigenvalue weighted by Gasteiger charge is 2.51. The Kier molecular flexibility index (Phi) is 31.7. The second-order valence-electron chi connectivity index (χ2n) is 15.7. The summed E-state index contributed by atoms with van der Waals surface area (Å²) in [4.78, 5) is 23.4. The van der Waals surface area contributed by atoms with Gasteiger partial charge in [0.2, 0.25) is 5.91 Å². The van der Waals surface area contributed by atoms with Crippen LogP contribution in [0.2, 0.25) is 0 Å². The van der Waals surface area contributed by atoms with Gasteiger partial charge in [-0.15, -0.1) is 0 Å². The van der Waals surface area contributed by atoms with Crippen molar-refractivity contribution in [3.8, 4) is 0 Å². The molecule has 8 atom stereocenters. The molecule has 1 rings (SSSR count). The predicted octanol–water partition coefficient (Wildman–Crippen LogP) is 6.75. The van der Waals surface area contributed by atoms with Crippen molar-refractivity contribution in [3.05, 3.63) is 48.6 Å². The Balaban J connectivity index is 2.61. The molecule has 0 heterocycles. The van der Waals surface area contributed by atoms with Crippen LogP contribution in [0, 0.1) is 0 Å². The summed E-state index contributed by atoms with van der Waals surface area (Å²) in [6.07, 6.45) is 24.9. The lowest BCUT2D eigenvalue weighted by molar-refractivity contribution is -0.220. The standard InChI is InChI=1S/C44H80NO12P/c1-3-5-7-9-11-13-15-17-18-20-21-23-25-27-29-31-35(46)33-38(48)45-36(37(47)32-30-28-26-24-22-19-16-14-12-10-8-6-4-2)34-56-58(54,55)57-44-42(52)40(50)39(49)41(51)43(44)53/h11,13,17-18,22,24,30,32,35-37,39-44,46-47,49-53H,3-10,12,14-16,19-21,23,25-29,31,33-34H2,1-2H3,(H,45,48)(H,54,55)/b13-11-,18-17-,24-22+,32-30+. The summed E-state index contributed by atoms with van der Waals surface area (Å²) >= 11 is 0. The lowest BCUT2D eigenvalue weighted by Gasteiger charge is -2.41. The molecule has 0 radical (unpaired) electrons. The number of aliphatic hydroxyl groups is 7. The van der Waals surface area contributed by atoms with Gasteiger partial charge in [0.1, 0.15) is 36.6 Å². The summed E-state index contributed by atoms with van der Waals surface area (Å²) in [5.74, 6) is -0.614. The van der Waals surface area contributed by atoms with Crippen LogP contribution in [0.15, 0.2) is 48.6 Å². The van der Waals surface area contributed by atoms with Crippen molar-refractivity contribution in [2.24, 2.45) is 0 Å². The minimum Gasteiger partial charge on any atom is -0.393 e. The van der Waals surface area contributed by atoms with Crippen molar-refractivity contribution in [3.63, 3.8) is 0 Å². The first kappa shape index (κ1) is 54.3. The predicted molar refractivity (Wildman–Crippen MR) is 229 cm³/mol. The van der Waals surface area contributed by atoms with E-state index in [4.69, 9.17) is 9.05 Å². The first-order chi connectivity index (χ1) is 27.8. The Labute approximate surface area is 349 Å². The molecule has 1 fully saturated rings. The Bertz CT molecular complexity index is 1180. The van der Waals surface area contributed by atoms with Crippen molar-refractivity contribution < 1.29 is 59.0 Å². The van der Waals surface area contributed by atoms with Crippen molar-refractivity contribution in [1.29, 1.82) is 0 Å². The third-order valence-electron chi connectivity index (χ3n) is 10.4. The van der Waals surface area contributed by atoms with Gasteiger partial charge in [0.15, 0.2) is 0 Å². The van der Waals surface area contributed by atoms with E-state index in [1.807, 2.05) is 0 Å². The molecule has 14 heteroatoms. The Morgan fingerprint density at radius 3 is 1.66 bits per heavy atom. The van der Waals surface area contributed by atoms with Gasteiger partial charge in [-0.1, -0.05) is 140 Å². The van der Waals surface area contributed by atoms with Gasteiger partial charge in [-0.2, -0.15) is 0 Å². The van der Waals surface area contributed by atoms with E-state index in [9.17, 15) is 50.0 Å². The van der Waals surface area contributed by atoms with Crippen LogP contribution in [-0.4, -0.2) is 108 Å². The summed E-state index contributed by atoms with van der Waals surface area (Å²) in [7, 11) is -5.15. The maximum atomic E-state index is 13.0. The maximum absolute atomic E-state index is 13.0. The highest BCUT2D eigenvalue weighted by Crippen LogP contribution is 2.47. The number of rotatable bonds is 35. The number of aliphatic hydroxyl groups excluding tert-OH is 7. The fraction of sp³-hybridized carbons (Fsp3) is 0.795. The monoisotopic (exact) mass is 846 g/mol. The van der Waals surface area contributed by atoms with E-state index in [2.05, 4.69) is 55.6 Å². The lowest BCUT2D eigenvalue weighted by atomic mass is 9.85. The number of phosphoric acid groups is 1. The van der Waals surface area contributed by atoms with Gasteiger partial charge in [-0.25, -0.2) is 4.57 Å². The van der Waals surface area contributed by atoms with Gasteiger partial charge in [-0.3, -0.25) is 13.8 Å². The average molecular weight is 846 g/mol. The van der Waals surface area contributed by atoms with Crippen LogP contribution in [0.3, 0.4) is 0 Å². The lowest BCUT2D eigenvalue weighted by Crippen LogP contribution is -2.64. The summed E-state index contributed by atoms with van der Waals surface area (Å²) in [6, 6.07) is -1.26. The molecular formula is C44H80NO12P. The van der Waals surface area contributed by atoms with Crippen LogP contribution in [0.1, 0.15) is 162 Å². The number of hydrogen-bond donors (Lipinski definition) is 9. The number of unbranched alkanes of at least 4 members (excludes halogenated alkanes) is 16. The second-order valence-corrected chi connectivity index (χ2v) is 17.1. The third-order valence-corrected chi connectivity index (χ3v) is 11.4.